The van der Waals surface area contributed by atoms with Gasteiger partial charge in [-0.05, 0) is 49.2 Å². The van der Waals surface area contributed by atoms with Crippen molar-refractivity contribution in [2.75, 3.05) is 6.54 Å². The highest BCUT2D eigenvalue weighted by atomic mass is 16.5. The Balaban J connectivity index is 1.66. The molecular formula is C18H21N3O2. The normalized spacial score (nSPS) is 16.0. The van der Waals surface area contributed by atoms with E-state index in [-0.39, 0.29) is 11.4 Å². The van der Waals surface area contributed by atoms with Crippen LogP contribution in [0, 0.1) is 0 Å². The Bertz CT molecular complexity index is 650. The lowest BCUT2D eigenvalue weighted by atomic mass is 9.97. The first-order valence-electron chi connectivity index (χ1n) is 7.91. The van der Waals surface area contributed by atoms with Crippen molar-refractivity contribution >= 4 is 5.91 Å². The SMILES string of the molecule is NCC1(NC(=O)c2ccc(Oc3cccnc3)cc2)CCCC1. The van der Waals surface area contributed by atoms with E-state index in [2.05, 4.69) is 10.3 Å². The number of carbonyl (C=O) groups excluding carboxylic acids is 1. The first kappa shape index (κ1) is 15.5. The van der Waals surface area contributed by atoms with Gasteiger partial charge in [-0.2, -0.15) is 0 Å². The number of aromatic nitrogens is 1. The maximum atomic E-state index is 12.4. The van der Waals surface area contributed by atoms with Crippen LogP contribution in [0.4, 0.5) is 0 Å². The summed E-state index contributed by atoms with van der Waals surface area (Å²) in [5.41, 5.74) is 6.24. The molecule has 5 heteroatoms. The van der Waals surface area contributed by atoms with Gasteiger partial charge in [0.1, 0.15) is 11.5 Å². The van der Waals surface area contributed by atoms with E-state index in [0.29, 0.717) is 23.6 Å². The molecule has 0 saturated heterocycles. The van der Waals surface area contributed by atoms with Gasteiger partial charge in [0.25, 0.3) is 5.91 Å². The fourth-order valence-electron chi connectivity index (χ4n) is 2.96. The van der Waals surface area contributed by atoms with Crippen LogP contribution < -0.4 is 15.8 Å². The van der Waals surface area contributed by atoms with Crippen LogP contribution in [0.3, 0.4) is 0 Å². The summed E-state index contributed by atoms with van der Waals surface area (Å²) < 4.78 is 5.67. The molecule has 1 heterocycles. The van der Waals surface area contributed by atoms with Crippen LogP contribution in [0.5, 0.6) is 11.5 Å². The van der Waals surface area contributed by atoms with Crippen molar-refractivity contribution in [1.29, 1.82) is 0 Å². The Morgan fingerprint density at radius 1 is 1.17 bits per heavy atom. The average Bonchev–Trinajstić information content (AvgIpc) is 3.05. The molecule has 1 amide bonds. The molecule has 5 nitrogen and oxygen atoms in total. The Labute approximate surface area is 135 Å². The molecule has 0 radical (unpaired) electrons. The largest absolute Gasteiger partial charge is 0.456 e. The second-order valence-electron chi connectivity index (χ2n) is 5.96. The van der Waals surface area contributed by atoms with Gasteiger partial charge in [-0.1, -0.05) is 12.8 Å². The van der Waals surface area contributed by atoms with Crippen LogP contribution in [0.25, 0.3) is 0 Å². The zero-order valence-corrected chi connectivity index (χ0v) is 13.0. The topological polar surface area (TPSA) is 77.2 Å². The monoisotopic (exact) mass is 311 g/mol. The third-order valence-corrected chi connectivity index (χ3v) is 4.32. The second kappa shape index (κ2) is 6.79. The number of nitrogens with one attached hydrogen (secondary N) is 1. The number of amides is 1. The second-order valence-corrected chi connectivity index (χ2v) is 5.96. The first-order valence-corrected chi connectivity index (χ1v) is 7.91. The van der Waals surface area contributed by atoms with Crippen molar-refractivity contribution in [3.05, 3.63) is 54.4 Å². The Hall–Kier alpha value is -2.40. The van der Waals surface area contributed by atoms with Gasteiger partial charge in [-0.25, -0.2) is 0 Å². The summed E-state index contributed by atoms with van der Waals surface area (Å²) in [6.07, 6.45) is 7.49. The molecule has 120 valence electrons. The highest BCUT2D eigenvalue weighted by molar-refractivity contribution is 5.94. The predicted octanol–water partition coefficient (Wildman–Crippen LogP) is 2.88. The van der Waals surface area contributed by atoms with Gasteiger partial charge >= 0.3 is 0 Å². The lowest BCUT2D eigenvalue weighted by molar-refractivity contribution is 0.0903. The van der Waals surface area contributed by atoms with Crippen LogP contribution in [-0.4, -0.2) is 23.0 Å². The molecule has 1 saturated carbocycles. The molecule has 0 spiro atoms. The lowest BCUT2D eigenvalue weighted by Crippen LogP contribution is -2.51. The summed E-state index contributed by atoms with van der Waals surface area (Å²) in [6, 6.07) is 10.7. The number of rotatable bonds is 5. The summed E-state index contributed by atoms with van der Waals surface area (Å²) >= 11 is 0. The van der Waals surface area contributed by atoms with Crippen molar-refractivity contribution in [3.63, 3.8) is 0 Å². The van der Waals surface area contributed by atoms with Crippen LogP contribution in [0.2, 0.25) is 0 Å². The number of nitrogens with two attached hydrogens (primary N) is 1. The number of hydrogen-bond acceptors (Lipinski definition) is 4. The van der Waals surface area contributed by atoms with Crippen molar-refractivity contribution < 1.29 is 9.53 Å². The molecule has 0 aliphatic heterocycles. The minimum Gasteiger partial charge on any atom is -0.456 e. The molecule has 0 bridgehead atoms. The summed E-state index contributed by atoms with van der Waals surface area (Å²) in [7, 11) is 0. The van der Waals surface area contributed by atoms with Crippen molar-refractivity contribution in [2.45, 2.75) is 31.2 Å². The Kier molecular flexibility index (Phi) is 4.57. The molecule has 0 unspecified atom stereocenters. The summed E-state index contributed by atoms with van der Waals surface area (Å²) in [4.78, 5) is 16.4. The van der Waals surface area contributed by atoms with Crippen LogP contribution in [0.1, 0.15) is 36.0 Å². The number of benzene rings is 1. The van der Waals surface area contributed by atoms with Gasteiger partial charge in [0.05, 0.1) is 11.7 Å². The van der Waals surface area contributed by atoms with E-state index in [1.54, 1.807) is 36.7 Å². The van der Waals surface area contributed by atoms with Gasteiger partial charge in [0.15, 0.2) is 0 Å². The van der Waals surface area contributed by atoms with Gasteiger partial charge < -0.3 is 15.8 Å². The average molecular weight is 311 g/mol. The molecule has 1 aliphatic rings. The van der Waals surface area contributed by atoms with E-state index >= 15 is 0 Å². The quantitative estimate of drug-likeness (QED) is 0.890. The molecular weight excluding hydrogens is 290 g/mol. The molecule has 1 aromatic heterocycles. The van der Waals surface area contributed by atoms with Crippen LogP contribution in [-0.2, 0) is 0 Å². The van der Waals surface area contributed by atoms with Crippen molar-refractivity contribution in [2.24, 2.45) is 5.73 Å². The van der Waals surface area contributed by atoms with Crippen molar-refractivity contribution in [1.82, 2.24) is 10.3 Å². The molecule has 2 aromatic rings. The number of hydrogen-bond donors (Lipinski definition) is 2. The number of nitrogens with zero attached hydrogens (tertiary/aromatic N) is 1. The van der Waals surface area contributed by atoms with Gasteiger partial charge in [0.2, 0.25) is 0 Å². The summed E-state index contributed by atoms with van der Waals surface area (Å²) in [5, 5.41) is 3.11. The molecule has 1 aliphatic carbocycles. The molecule has 1 aromatic carbocycles. The summed E-state index contributed by atoms with van der Waals surface area (Å²) in [5.74, 6) is 1.26. The molecule has 3 rings (SSSR count). The third-order valence-electron chi connectivity index (χ3n) is 4.32. The Morgan fingerprint density at radius 3 is 2.52 bits per heavy atom. The fourth-order valence-corrected chi connectivity index (χ4v) is 2.96. The number of carbonyl (C=O) groups is 1. The lowest BCUT2D eigenvalue weighted by Gasteiger charge is -2.28. The zero-order valence-electron chi connectivity index (χ0n) is 13.0. The standard InChI is InChI=1S/C18H21N3O2/c19-13-18(9-1-2-10-18)21-17(22)14-5-7-15(8-6-14)23-16-4-3-11-20-12-16/h3-8,11-12H,1-2,9-10,13,19H2,(H,21,22). The predicted molar refractivity (Wildman–Crippen MR) is 88.5 cm³/mol. The van der Waals surface area contributed by atoms with E-state index in [1.165, 1.54) is 0 Å². The highest BCUT2D eigenvalue weighted by Crippen LogP contribution is 2.29. The zero-order chi connectivity index (χ0) is 16.1. The smallest absolute Gasteiger partial charge is 0.251 e. The molecule has 23 heavy (non-hydrogen) atoms. The van der Waals surface area contributed by atoms with Crippen LogP contribution in [0.15, 0.2) is 48.8 Å². The van der Waals surface area contributed by atoms with Crippen molar-refractivity contribution in [3.8, 4) is 11.5 Å². The minimum absolute atomic E-state index is 0.0784. The maximum Gasteiger partial charge on any atom is 0.251 e. The van der Waals surface area contributed by atoms with Gasteiger partial charge in [0, 0.05) is 18.3 Å². The minimum atomic E-state index is -0.234. The molecule has 0 atom stereocenters. The number of ether oxygens (including phenoxy) is 1. The number of pyridine rings is 1. The Morgan fingerprint density at radius 2 is 1.91 bits per heavy atom. The maximum absolute atomic E-state index is 12.4. The van der Waals surface area contributed by atoms with Gasteiger partial charge in [-0.15, -0.1) is 0 Å². The van der Waals surface area contributed by atoms with E-state index < -0.39 is 0 Å². The van der Waals surface area contributed by atoms with Gasteiger partial charge in [-0.3, -0.25) is 9.78 Å². The molecule has 1 fully saturated rings. The van der Waals surface area contributed by atoms with E-state index in [4.69, 9.17) is 10.5 Å². The first-order chi connectivity index (χ1) is 11.2. The van der Waals surface area contributed by atoms with E-state index in [1.807, 2.05) is 12.1 Å². The van der Waals surface area contributed by atoms with E-state index in [9.17, 15) is 4.79 Å². The summed E-state index contributed by atoms with van der Waals surface area (Å²) in [6.45, 7) is 0.487. The molecule has 3 N–H and O–H groups in total. The van der Waals surface area contributed by atoms with E-state index in [0.717, 1.165) is 25.7 Å². The third kappa shape index (κ3) is 3.68. The fraction of sp³-hybridized carbons (Fsp3) is 0.333. The highest BCUT2D eigenvalue weighted by Gasteiger charge is 2.33. The van der Waals surface area contributed by atoms with Crippen LogP contribution >= 0.6 is 0 Å².